The normalized spacial score (nSPS) is 10.6. The van der Waals surface area contributed by atoms with Gasteiger partial charge in [0, 0.05) is 17.3 Å². The SMILES string of the molecule is C=C(C)C(=O)Oc1cccc(NC(=O)OC(C)(C)C)c1. The molecule has 0 saturated carbocycles. The van der Waals surface area contributed by atoms with E-state index < -0.39 is 17.7 Å². The number of amides is 1. The lowest BCUT2D eigenvalue weighted by Crippen LogP contribution is -2.27. The molecule has 1 amide bonds. The van der Waals surface area contributed by atoms with Crippen molar-refractivity contribution in [1.29, 1.82) is 0 Å². The second-order valence-corrected chi connectivity index (χ2v) is 5.32. The van der Waals surface area contributed by atoms with Crippen molar-refractivity contribution in [3.8, 4) is 5.75 Å². The lowest BCUT2D eigenvalue weighted by molar-refractivity contribution is -0.130. The molecule has 0 aliphatic carbocycles. The number of ether oxygens (including phenoxy) is 2. The molecule has 0 spiro atoms. The average Bonchev–Trinajstić information content (AvgIpc) is 2.26. The van der Waals surface area contributed by atoms with Crippen molar-refractivity contribution in [3.63, 3.8) is 0 Å². The molecule has 0 saturated heterocycles. The smallest absolute Gasteiger partial charge is 0.412 e. The van der Waals surface area contributed by atoms with Crippen LogP contribution in [0.25, 0.3) is 0 Å². The molecule has 0 aliphatic heterocycles. The van der Waals surface area contributed by atoms with Crippen molar-refractivity contribution >= 4 is 17.7 Å². The molecule has 1 aromatic carbocycles. The summed E-state index contributed by atoms with van der Waals surface area (Å²) in [7, 11) is 0. The third-order valence-electron chi connectivity index (χ3n) is 2.04. The van der Waals surface area contributed by atoms with Gasteiger partial charge in [0.05, 0.1) is 0 Å². The Hall–Kier alpha value is -2.30. The summed E-state index contributed by atoms with van der Waals surface area (Å²) in [5, 5.41) is 2.57. The Morgan fingerprint density at radius 1 is 1.25 bits per heavy atom. The molecule has 1 rings (SSSR count). The Morgan fingerprint density at radius 2 is 1.90 bits per heavy atom. The van der Waals surface area contributed by atoms with Crippen molar-refractivity contribution in [2.24, 2.45) is 0 Å². The molecule has 0 aliphatic rings. The van der Waals surface area contributed by atoms with Crippen LogP contribution >= 0.6 is 0 Å². The van der Waals surface area contributed by atoms with Gasteiger partial charge in [-0.15, -0.1) is 0 Å². The molecule has 1 N–H and O–H groups in total. The Kier molecular flexibility index (Phi) is 4.91. The summed E-state index contributed by atoms with van der Waals surface area (Å²) in [6.07, 6.45) is -0.569. The van der Waals surface area contributed by atoms with E-state index in [0.717, 1.165) is 0 Å². The molecule has 1 aromatic rings. The third kappa shape index (κ3) is 5.56. The Bertz CT molecular complexity index is 529. The maximum atomic E-state index is 11.6. The highest BCUT2D eigenvalue weighted by Gasteiger charge is 2.16. The number of carbonyl (C=O) groups is 2. The largest absolute Gasteiger partial charge is 0.444 e. The molecule has 0 fully saturated rings. The van der Waals surface area contributed by atoms with E-state index in [1.165, 1.54) is 6.07 Å². The molecular weight excluding hydrogens is 258 g/mol. The van der Waals surface area contributed by atoms with Gasteiger partial charge in [0.1, 0.15) is 11.4 Å². The summed E-state index contributed by atoms with van der Waals surface area (Å²) in [6.45, 7) is 10.4. The van der Waals surface area contributed by atoms with Crippen LogP contribution in [0.2, 0.25) is 0 Å². The highest BCUT2D eigenvalue weighted by molar-refractivity contribution is 5.89. The zero-order valence-corrected chi connectivity index (χ0v) is 12.1. The van der Waals surface area contributed by atoms with E-state index in [-0.39, 0.29) is 0 Å². The van der Waals surface area contributed by atoms with Gasteiger partial charge >= 0.3 is 12.1 Å². The first-order valence-corrected chi connectivity index (χ1v) is 6.15. The van der Waals surface area contributed by atoms with Crippen LogP contribution in [0.1, 0.15) is 27.7 Å². The van der Waals surface area contributed by atoms with Crippen molar-refractivity contribution in [3.05, 3.63) is 36.4 Å². The minimum Gasteiger partial charge on any atom is -0.444 e. The van der Waals surface area contributed by atoms with Gasteiger partial charge < -0.3 is 9.47 Å². The summed E-state index contributed by atoms with van der Waals surface area (Å²) >= 11 is 0. The van der Waals surface area contributed by atoms with Gasteiger partial charge in [-0.3, -0.25) is 5.32 Å². The molecule has 0 unspecified atom stereocenters. The summed E-state index contributed by atoms with van der Waals surface area (Å²) in [6, 6.07) is 6.47. The van der Waals surface area contributed by atoms with E-state index in [9.17, 15) is 9.59 Å². The van der Waals surface area contributed by atoms with Crippen molar-refractivity contribution < 1.29 is 19.1 Å². The molecule has 0 bridgehead atoms. The first-order valence-electron chi connectivity index (χ1n) is 6.15. The van der Waals surface area contributed by atoms with Gasteiger partial charge in [0.2, 0.25) is 0 Å². The van der Waals surface area contributed by atoms with Gasteiger partial charge in [-0.25, -0.2) is 9.59 Å². The van der Waals surface area contributed by atoms with Gasteiger partial charge in [-0.05, 0) is 39.8 Å². The van der Waals surface area contributed by atoms with Crippen LogP contribution in [0.5, 0.6) is 5.75 Å². The monoisotopic (exact) mass is 277 g/mol. The van der Waals surface area contributed by atoms with Crippen LogP contribution in [0.4, 0.5) is 10.5 Å². The highest BCUT2D eigenvalue weighted by Crippen LogP contribution is 2.19. The van der Waals surface area contributed by atoms with Crippen molar-refractivity contribution in [1.82, 2.24) is 0 Å². The topological polar surface area (TPSA) is 64.6 Å². The number of nitrogens with one attached hydrogen (secondary N) is 1. The number of carbonyl (C=O) groups excluding carboxylic acids is 2. The summed E-state index contributed by atoms with van der Waals surface area (Å²) in [5.74, 6) is -0.189. The van der Waals surface area contributed by atoms with E-state index >= 15 is 0 Å². The van der Waals surface area contributed by atoms with Crippen LogP contribution in [-0.4, -0.2) is 17.7 Å². The molecule has 0 aromatic heterocycles. The van der Waals surface area contributed by atoms with Crippen molar-refractivity contribution in [2.75, 3.05) is 5.32 Å². The molecule has 20 heavy (non-hydrogen) atoms. The van der Waals surface area contributed by atoms with Crippen LogP contribution in [0, 0.1) is 0 Å². The molecule has 108 valence electrons. The van der Waals surface area contributed by atoms with E-state index in [1.807, 2.05) is 0 Å². The van der Waals surface area contributed by atoms with Crippen LogP contribution in [-0.2, 0) is 9.53 Å². The number of benzene rings is 1. The molecule has 0 radical (unpaired) electrons. The number of esters is 1. The minimum absolute atomic E-state index is 0.301. The van der Waals surface area contributed by atoms with Gasteiger partial charge in [0.15, 0.2) is 0 Å². The first kappa shape index (κ1) is 15.8. The predicted molar refractivity (Wildman–Crippen MR) is 76.7 cm³/mol. The Labute approximate surface area is 118 Å². The Morgan fingerprint density at radius 3 is 2.45 bits per heavy atom. The first-order chi connectivity index (χ1) is 9.17. The second kappa shape index (κ2) is 6.23. The maximum absolute atomic E-state index is 11.6. The summed E-state index contributed by atoms with van der Waals surface area (Å²) in [5.41, 5.74) is 0.204. The third-order valence-corrected chi connectivity index (χ3v) is 2.04. The van der Waals surface area contributed by atoms with Crippen LogP contribution in [0.3, 0.4) is 0 Å². The predicted octanol–water partition coefficient (Wildman–Crippen LogP) is 3.52. The average molecular weight is 277 g/mol. The number of hydrogen-bond donors (Lipinski definition) is 1. The van der Waals surface area contributed by atoms with Crippen molar-refractivity contribution in [2.45, 2.75) is 33.3 Å². The standard InChI is InChI=1S/C15H19NO4/c1-10(2)13(17)19-12-8-6-7-11(9-12)16-14(18)20-15(3,4)5/h6-9H,1H2,2-5H3,(H,16,18). The van der Waals surface area contributed by atoms with Crippen LogP contribution < -0.4 is 10.1 Å². The van der Waals surface area contributed by atoms with E-state index in [2.05, 4.69) is 11.9 Å². The fourth-order valence-electron chi connectivity index (χ4n) is 1.25. The summed E-state index contributed by atoms with van der Waals surface area (Å²) in [4.78, 5) is 23.0. The van der Waals surface area contributed by atoms with E-state index in [0.29, 0.717) is 17.0 Å². The van der Waals surface area contributed by atoms with Gasteiger partial charge in [0.25, 0.3) is 0 Å². The van der Waals surface area contributed by atoms with Gasteiger partial charge in [-0.1, -0.05) is 12.6 Å². The second-order valence-electron chi connectivity index (χ2n) is 5.32. The lowest BCUT2D eigenvalue weighted by atomic mass is 10.2. The number of anilines is 1. The van der Waals surface area contributed by atoms with E-state index in [1.54, 1.807) is 45.9 Å². The zero-order valence-electron chi connectivity index (χ0n) is 12.1. The molecule has 0 heterocycles. The molecular formula is C15H19NO4. The minimum atomic E-state index is -0.575. The van der Waals surface area contributed by atoms with Gasteiger partial charge in [-0.2, -0.15) is 0 Å². The zero-order chi connectivity index (χ0) is 15.3. The fraction of sp³-hybridized carbons (Fsp3) is 0.333. The van der Waals surface area contributed by atoms with Crippen LogP contribution in [0.15, 0.2) is 36.4 Å². The Balaban J connectivity index is 2.71. The highest BCUT2D eigenvalue weighted by atomic mass is 16.6. The lowest BCUT2D eigenvalue weighted by Gasteiger charge is -2.19. The maximum Gasteiger partial charge on any atom is 0.412 e. The molecule has 0 atom stereocenters. The number of rotatable bonds is 3. The molecule has 5 nitrogen and oxygen atoms in total. The van der Waals surface area contributed by atoms with E-state index in [4.69, 9.17) is 9.47 Å². The summed E-state index contributed by atoms with van der Waals surface area (Å²) < 4.78 is 10.2. The molecule has 5 heteroatoms. The fourth-order valence-corrected chi connectivity index (χ4v) is 1.25. The quantitative estimate of drug-likeness (QED) is 0.521. The number of hydrogen-bond acceptors (Lipinski definition) is 4.